The van der Waals surface area contributed by atoms with Gasteiger partial charge in [-0.2, -0.15) is 0 Å². The van der Waals surface area contributed by atoms with Crippen LogP contribution < -0.4 is 16.4 Å². The van der Waals surface area contributed by atoms with Gasteiger partial charge in [0.25, 0.3) is 0 Å². The van der Waals surface area contributed by atoms with Gasteiger partial charge in [-0.1, -0.05) is 87.9 Å². The first-order valence-electron chi connectivity index (χ1n) is 17.2. The highest BCUT2D eigenvalue weighted by atomic mass is 32.1. The highest BCUT2D eigenvalue weighted by Crippen LogP contribution is 2.41. The van der Waals surface area contributed by atoms with Crippen LogP contribution in [-0.4, -0.2) is 45.7 Å². The Balaban J connectivity index is 0.00000116. The van der Waals surface area contributed by atoms with Gasteiger partial charge in [-0.3, -0.25) is 0 Å². The Morgan fingerprint density at radius 2 is 1.70 bits per heavy atom. The van der Waals surface area contributed by atoms with Crippen LogP contribution in [0.1, 0.15) is 81.8 Å². The minimum Gasteiger partial charge on any atom is -0.383 e. The first-order valence-corrected chi connectivity index (χ1v) is 18.1. The SMILES string of the molecule is CC.CC.Cc1cccc(CCNCCCNCC2CCC(n3cc(-c4nc(Cc5ccccc5)cs4)c4c(N)ncnc43)C2)c1. The van der Waals surface area contributed by atoms with E-state index in [-0.39, 0.29) is 0 Å². The molecule has 246 valence electrons. The van der Waals surface area contributed by atoms with E-state index in [9.17, 15) is 0 Å². The van der Waals surface area contributed by atoms with Gasteiger partial charge in [0.2, 0.25) is 0 Å². The number of rotatable bonds is 13. The lowest BCUT2D eigenvalue weighted by atomic mass is 10.1. The van der Waals surface area contributed by atoms with Gasteiger partial charge in [-0.05, 0) is 82.3 Å². The number of thiazole rings is 1. The predicted molar refractivity (Wildman–Crippen MR) is 197 cm³/mol. The van der Waals surface area contributed by atoms with E-state index >= 15 is 0 Å². The molecule has 46 heavy (non-hydrogen) atoms. The summed E-state index contributed by atoms with van der Waals surface area (Å²) in [6, 6.07) is 19.7. The highest BCUT2D eigenvalue weighted by Gasteiger charge is 2.29. The number of nitrogens with one attached hydrogen (secondary N) is 2. The van der Waals surface area contributed by atoms with Gasteiger partial charge in [0, 0.05) is 29.6 Å². The molecule has 6 rings (SSSR count). The van der Waals surface area contributed by atoms with Crippen molar-refractivity contribution in [1.82, 2.24) is 30.2 Å². The summed E-state index contributed by atoms with van der Waals surface area (Å²) in [7, 11) is 0. The van der Waals surface area contributed by atoms with Gasteiger partial charge in [0.1, 0.15) is 22.8 Å². The summed E-state index contributed by atoms with van der Waals surface area (Å²) in [5.41, 5.74) is 13.5. The molecule has 7 nitrogen and oxygen atoms in total. The summed E-state index contributed by atoms with van der Waals surface area (Å²) < 4.78 is 2.35. The largest absolute Gasteiger partial charge is 0.383 e. The quantitative estimate of drug-likeness (QED) is 0.112. The molecule has 1 fully saturated rings. The zero-order valence-corrected chi connectivity index (χ0v) is 29.2. The molecule has 0 spiro atoms. The highest BCUT2D eigenvalue weighted by molar-refractivity contribution is 7.13. The molecule has 3 aromatic heterocycles. The fourth-order valence-corrected chi connectivity index (χ4v) is 7.06. The average molecular weight is 640 g/mol. The van der Waals surface area contributed by atoms with Crippen LogP contribution in [0.15, 0.2) is 72.5 Å². The number of hydrogen-bond acceptors (Lipinski definition) is 7. The maximum atomic E-state index is 6.42. The molecule has 0 saturated heterocycles. The number of aromatic nitrogens is 4. The third-order valence-electron chi connectivity index (χ3n) is 8.37. The second-order valence-corrected chi connectivity index (χ2v) is 12.5. The van der Waals surface area contributed by atoms with E-state index in [4.69, 9.17) is 15.7 Å². The molecule has 2 unspecified atom stereocenters. The van der Waals surface area contributed by atoms with Crippen molar-refractivity contribution in [2.24, 2.45) is 5.92 Å². The number of hydrogen-bond donors (Lipinski definition) is 3. The van der Waals surface area contributed by atoms with Crippen LogP contribution >= 0.6 is 11.3 Å². The lowest BCUT2D eigenvalue weighted by Gasteiger charge is -2.15. The molecule has 8 heteroatoms. The molecule has 4 N–H and O–H groups in total. The van der Waals surface area contributed by atoms with Crippen LogP contribution in [0.2, 0.25) is 0 Å². The Labute approximate surface area is 280 Å². The van der Waals surface area contributed by atoms with Crippen LogP contribution in [0.4, 0.5) is 5.82 Å². The number of anilines is 1. The molecule has 0 amide bonds. The lowest BCUT2D eigenvalue weighted by Crippen LogP contribution is -2.26. The van der Waals surface area contributed by atoms with Crippen molar-refractivity contribution in [3.05, 3.63) is 94.9 Å². The van der Waals surface area contributed by atoms with Crippen molar-refractivity contribution in [3.63, 3.8) is 0 Å². The zero-order chi connectivity index (χ0) is 32.7. The third-order valence-corrected chi connectivity index (χ3v) is 9.29. The van der Waals surface area contributed by atoms with Crippen molar-refractivity contribution in [2.75, 3.05) is 31.9 Å². The van der Waals surface area contributed by atoms with Gasteiger partial charge in [-0.25, -0.2) is 15.0 Å². The first-order chi connectivity index (χ1) is 22.6. The Morgan fingerprint density at radius 3 is 2.50 bits per heavy atom. The molecule has 1 aliphatic carbocycles. The van der Waals surface area contributed by atoms with Crippen molar-refractivity contribution >= 4 is 28.2 Å². The van der Waals surface area contributed by atoms with Crippen molar-refractivity contribution < 1.29 is 0 Å². The molecular weight excluding hydrogens is 587 g/mol. The molecule has 0 radical (unpaired) electrons. The predicted octanol–water partition coefficient (Wildman–Crippen LogP) is 8.24. The van der Waals surface area contributed by atoms with Crippen molar-refractivity contribution in [1.29, 1.82) is 0 Å². The standard InChI is InChI=1S/C34H41N7S.2C2H6/c1-24-7-5-10-26(17-24)13-16-36-14-6-15-37-20-27-11-12-29(19-27)41-21-30(31-32(35)38-23-39-33(31)41)34-40-28(22-42-34)18-25-8-3-2-4-9-25;2*1-2/h2-5,7-10,17,21-23,27,29,36-37H,6,11-16,18-20H2,1H3,(H2,35,38,39);2*1-2H3. The summed E-state index contributed by atoms with van der Waals surface area (Å²) in [5, 5.41) is 11.4. The number of nitrogen functional groups attached to an aromatic ring is 1. The molecule has 2 aromatic carbocycles. The fourth-order valence-electron chi connectivity index (χ4n) is 6.22. The monoisotopic (exact) mass is 639 g/mol. The van der Waals surface area contributed by atoms with E-state index < -0.39 is 0 Å². The van der Waals surface area contributed by atoms with E-state index in [0.717, 1.165) is 85.6 Å². The van der Waals surface area contributed by atoms with E-state index in [1.165, 1.54) is 23.1 Å². The zero-order valence-electron chi connectivity index (χ0n) is 28.4. The first kappa shape index (κ1) is 35.3. The maximum absolute atomic E-state index is 6.42. The Bertz CT molecular complexity index is 1590. The van der Waals surface area contributed by atoms with Crippen molar-refractivity contribution in [2.45, 2.75) is 79.2 Å². The van der Waals surface area contributed by atoms with Gasteiger partial charge in [-0.15, -0.1) is 11.3 Å². The van der Waals surface area contributed by atoms with E-state index in [0.29, 0.717) is 17.8 Å². The average Bonchev–Trinajstić information content (AvgIpc) is 3.84. The molecule has 3 heterocycles. The Kier molecular flexibility index (Phi) is 14.2. The van der Waals surface area contributed by atoms with E-state index in [1.54, 1.807) is 17.7 Å². The van der Waals surface area contributed by atoms with Crippen molar-refractivity contribution in [3.8, 4) is 10.6 Å². The number of nitrogens with zero attached hydrogens (tertiary/aromatic N) is 4. The topological polar surface area (TPSA) is 93.7 Å². The summed E-state index contributed by atoms with van der Waals surface area (Å²) in [5.74, 6) is 1.19. The normalized spacial score (nSPS) is 15.7. The van der Waals surface area contributed by atoms with Crippen LogP contribution in [0, 0.1) is 12.8 Å². The summed E-state index contributed by atoms with van der Waals surface area (Å²) in [6.45, 7) is 14.4. The minimum atomic E-state index is 0.411. The summed E-state index contributed by atoms with van der Waals surface area (Å²) in [6.07, 6.45) is 10.4. The lowest BCUT2D eigenvalue weighted by molar-refractivity contribution is 0.452. The fraction of sp³-hybridized carbons (Fsp3) is 0.447. The number of nitrogens with two attached hydrogens (primary N) is 1. The van der Waals surface area contributed by atoms with Gasteiger partial charge >= 0.3 is 0 Å². The molecule has 0 bridgehead atoms. The molecule has 5 aromatic rings. The molecule has 2 atom stereocenters. The van der Waals surface area contributed by atoms with Crippen LogP contribution in [0.3, 0.4) is 0 Å². The molecular formula is C38H53N7S. The number of fused-ring (bicyclic) bond motifs is 1. The van der Waals surface area contributed by atoms with Crippen LogP contribution in [-0.2, 0) is 12.8 Å². The van der Waals surface area contributed by atoms with Gasteiger partial charge < -0.3 is 20.9 Å². The third kappa shape index (κ3) is 9.47. The van der Waals surface area contributed by atoms with Crippen LogP contribution in [0.25, 0.3) is 21.6 Å². The van der Waals surface area contributed by atoms with Crippen LogP contribution in [0.5, 0.6) is 0 Å². The van der Waals surface area contributed by atoms with Gasteiger partial charge in [0.15, 0.2) is 0 Å². The maximum Gasteiger partial charge on any atom is 0.146 e. The van der Waals surface area contributed by atoms with E-state index in [1.807, 2.05) is 33.8 Å². The smallest absolute Gasteiger partial charge is 0.146 e. The second kappa shape index (κ2) is 18.5. The Morgan fingerprint density at radius 1 is 0.913 bits per heavy atom. The number of aryl methyl sites for hydroxylation is 1. The summed E-state index contributed by atoms with van der Waals surface area (Å²) in [4.78, 5) is 14.0. The molecule has 1 aliphatic rings. The number of benzene rings is 2. The van der Waals surface area contributed by atoms with Gasteiger partial charge in [0.05, 0.1) is 11.1 Å². The second-order valence-electron chi connectivity index (χ2n) is 11.6. The minimum absolute atomic E-state index is 0.411. The summed E-state index contributed by atoms with van der Waals surface area (Å²) >= 11 is 1.67. The molecule has 0 aliphatic heterocycles. The Hall–Kier alpha value is -3.59. The van der Waals surface area contributed by atoms with E-state index in [2.05, 4.69) is 87.2 Å². The molecule has 1 saturated carbocycles.